The molecule has 0 saturated carbocycles. The number of rotatable bonds is 3. The van der Waals surface area contributed by atoms with Crippen molar-refractivity contribution in [3.63, 3.8) is 0 Å². The van der Waals surface area contributed by atoms with Gasteiger partial charge < -0.3 is 15.5 Å². The third kappa shape index (κ3) is 4.25. The van der Waals surface area contributed by atoms with Crippen LogP contribution >= 0.6 is 0 Å². The second kappa shape index (κ2) is 7.11. The third-order valence-electron chi connectivity index (χ3n) is 5.64. The first-order valence-electron chi connectivity index (χ1n) is 8.99. The van der Waals surface area contributed by atoms with Crippen LogP contribution in [0.1, 0.15) is 25.7 Å². The molecule has 0 aromatic rings. The van der Waals surface area contributed by atoms with Crippen LogP contribution in [0.5, 0.6) is 0 Å². The van der Waals surface area contributed by atoms with Crippen LogP contribution in [0.2, 0.25) is 0 Å². The maximum atomic E-state index is 11.6. The molecule has 9 heteroatoms. The number of guanidine groups is 1. The smallest absolute Gasteiger partial charge is 0.220 e. The largest absolute Gasteiger partial charge is 0.356 e. The Morgan fingerprint density at radius 1 is 1.44 bits per heavy atom. The van der Waals surface area contributed by atoms with Crippen molar-refractivity contribution in [3.8, 4) is 0 Å². The molecular formula is C16H29N5O3S. The van der Waals surface area contributed by atoms with Crippen LogP contribution in [0.15, 0.2) is 4.99 Å². The molecular weight excluding hydrogens is 342 g/mol. The number of carbonyl (C=O) groups is 1. The lowest BCUT2D eigenvalue weighted by atomic mass is 9.79. The van der Waals surface area contributed by atoms with Crippen LogP contribution in [0.4, 0.5) is 0 Å². The van der Waals surface area contributed by atoms with Crippen molar-refractivity contribution in [2.45, 2.75) is 25.7 Å². The summed E-state index contributed by atoms with van der Waals surface area (Å²) in [6.07, 6.45) is 4.88. The summed E-state index contributed by atoms with van der Waals surface area (Å²) in [4.78, 5) is 18.3. The maximum Gasteiger partial charge on any atom is 0.220 e. The predicted molar refractivity (Wildman–Crippen MR) is 96.8 cm³/mol. The minimum absolute atomic E-state index is 0.0351. The van der Waals surface area contributed by atoms with E-state index in [1.54, 1.807) is 11.4 Å². The molecule has 25 heavy (non-hydrogen) atoms. The summed E-state index contributed by atoms with van der Waals surface area (Å²) < 4.78 is 24.8. The molecule has 2 atom stereocenters. The van der Waals surface area contributed by atoms with Crippen LogP contribution in [0, 0.1) is 11.3 Å². The molecule has 2 unspecified atom stereocenters. The highest BCUT2D eigenvalue weighted by molar-refractivity contribution is 7.88. The van der Waals surface area contributed by atoms with Crippen molar-refractivity contribution in [2.24, 2.45) is 16.3 Å². The van der Waals surface area contributed by atoms with Crippen molar-refractivity contribution in [1.29, 1.82) is 0 Å². The standard InChI is InChI=1S/C16H29N5O3S/c1-17-15(18-9-13-4-7-21(10-13)25(2,23)24)20-6-3-5-16(12-20)8-14(22)19-11-16/h13H,3-12H2,1-2H3,(H,17,18)(H,19,22). The van der Waals surface area contributed by atoms with Gasteiger partial charge in [-0.1, -0.05) is 0 Å². The second-order valence-corrected chi connectivity index (χ2v) is 9.66. The normalized spacial score (nSPS) is 31.6. The number of likely N-dealkylation sites (tertiary alicyclic amines) is 1. The lowest BCUT2D eigenvalue weighted by molar-refractivity contribution is -0.119. The zero-order chi connectivity index (χ0) is 18.1. The van der Waals surface area contributed by atoms with E-state index in [0.717, 1.165) is 51.4 Å². The summed E-state index contributed by atoms with van der Waals surface area (Å²) in [5.41, 5.74) is 0.0351. The minimum atomic E-state index is -3.09. The van der Waals surface area contributed by atoms with E-state index in [2.05, 4.69) is 20.5 Å². The molecule has 1 amide bonds. The number of hydrogen-bond acceptors (Lipinski definition) is 4. The molecule has 2 N–H and O–H groups in total. The van der Waals surface area contributed by atoms with Crippen molar-refractivity contribution in [3.05, 3.63) is 0 Å². The average Bonchev–Trinajstić information content (AvgIpc) is 3.15. The number of hydrogen-bond donors (Lipinski definition) is 2. The summed E-state index contributed by atoms with van der Waals surface area (Å²) in [5.74, 6) is 1.31. The van der Waals surface area contributed by atoms with E-state index in [4.69, 9.17) is 0 Å². The number of piperidine rings is 1. The third-order valence-corrected chi connectivity index (χ3v) is 6.90. The maximum absolute atomic E-state index is 11.6. The molecule has 3 aliphatic heterocycles. The van der Waals surface area contributed by atoms with Crippen molar-refractivity contribution in [1.82, 2.24) is 19.8 Å². The van der Waals surface area contributed by atoms with Crippen molar-refractivity contribution in [2.75, 3.05) is 52.6 Å². The van der Waals surface area contributed by atoms with Crippen LogP contribution in [-0.2, 0) is 14.8 Å². The Morgan fingerprint density at radius 3 is 2.84 bits per heavy atom. The highest BCUT2D eigenvalue weighted by Crippen LogP contribution is 2.36. The summed E-state index contributed by atoms with van der Waals surface area (Å²) in [6, 6.07) is 0. The van der Waals surface area contributed by atoms with Gasteiger partial charge in [-0.15, -0.1) is 0 Å². The van der Waals surface area contributed by atoms with E-state index in [9.17, 15) is 13.2 Å². The van der Waals surface area contributed by atoms with Crippen LogP contribution in [0.3, 0.4) is 0 Å². The molecule has 0 bridgehead atoms. The Balaban J connectivity index is 1.54. The number of amides is 1. The quantitative estimate of drug-likeness (QED) is 0.513. The lowest BCUT2D eigenvalue weighted by Gasteiger charge is -2.41. The summed E-state index contributed by atoms with van der Waals surface area (Å²) in [7, 11) is -1.32. The fourth-order valence-corrected chi connectivity index (χ4v) is 5.18. The van der Waals surface area contributed by atoms with Crippen molar-refractivity contribution >= 4 is 21.9 Å². The molecule has 3 aliphatic rings. The Bertz CT molecular complexity index is 650. The van der Waals surface area contributed by atoms with Crippen LogP contribution in [-0.4, -0.2) is 82.1 Å². The van der Waals surface area contributed by atoms with E-state index >= 15 is 0 Å². The van der Waals surface area contributed by atoms with Crippen molar-refractivity contribution < 1.29 is 13.2 Å². The Kier molecular flexibility index (Phi) is 5.24. The minimum Gasteiger partial charge on any atom is -0.356 e. The monoisotopic (exact) mass is 371 g/mol. The van der Waals surface area contributed by atoms with Gasteiger partial charge in [0.1, 0.15) is 0 Å². The van der Waals surface area contributed by atoms with E-state index < -0.39 is 10.0 Å². The molecule has 0 aromatic heterocycles. The summed E-state index contributed by atoms with van der Waals surface area (Å²) in [6.45, 7) is 4.43. The lowest BCUT2D eigenvalue weighted by Crippen LogP contribution is -2.52. The molecule has 3 rings (SSSR count). The zero-order valence-corrected chi connectivity index (χ0v) is 15.9. The second-order valence-electron chi connectivity index (χ2n) is 7.68. The van der Waals surface area contributed by atoms with Gasteiger partial charge in [-0.2, -0.15) is 0 Å². The van der Waals surface area contributed by atoms with E-state index in [1.807, 2.05) is 0 Å². The molecule has 3 saturated heterocycles. The Morgan fingerprint density at radius 2 is 2.24 bits per heavy atom. The van der Waals surface area contributed by atoms with E-state index in [0.29, 0.717) is 25.4 Å². The van der Waals surface area contributed by atoms with Gasteiger partial charge in [-0.05, 0) is 25.2 Å². The van der Waals surface area contributed by atoms with Gasteiger partial charge in [0.05, 0.1) is 6.26 Å². The molecule has 0 aromatic carbocycles. The van der Waals surface area contributed by atoms with Gasteiger partial charge in [-0.25, -0.2) is 12.7 Å². The van der Waals surface area contributed by atoms with Gasteiger partial charge in [0.25, 0.3) is 0 Å². The first kappa shape index (κ1) is 18.4. The Labute approximate surface area is 150 Å². The van der Waals surface area contributed by atoms with Gasteiger partial charge in [-0.3, -0.25) is 9.79 Å². The van der Waals surface area contributed by atoms with E-state index in [-0.39, 0.29) is 11.3 Å². The van der Waals surface area contributed by atoms with Crippen LogP contribution in [0.25, 0.3) is 0 Å². The molecule has 0 radical (unpaired) electrons. The summed E-state index contributed by atoms with van der Waals surface area (Å²) >= 11 is 0. The number of sulfonamides is 1. The fourth-order valence-electron chi connectivity index (χ4n) is 4.26. The van der Waals surface area contributed by atoms with Crippen LogP contribution < -0.4 is 10.6 Å². The van der Waals surface area contributed by atoms with E-state index in [1.165, 1.54) is 6.26 Å². The average molecular weight is 372 g/mol. The van der Waals surface area contributed by atoms with Gasteiger partial charge in [0.2, 0.25) is 15.9 Å². The zero-order valence-electron chi connectivity index (χ0n) is 15.1. The van der Waals surface area contributed by atoms with Gasteiger partial charge >= 0.3 is 0 Å². The first-order chi connectivity index (χ1) is 11.8. The number of aliphatic imine (C=N–C) groups is 1. The van der Waals surface area contributed by atoms with Gasteiger partial charge in [0.15, 0.2) is 5.96 Å². The predicted octanol–water partition coefficient (Wildman–Crippen LogP) is -0.555. The van der Waals surface area contributed by atoms with Gasteiger partial charge in [0, 0.05) is 58.2 Å². The molecule has 0 aliphatic carbocycles. The fraction of sp³-hybridized carbons (Fsp3) is 0.875. The molecule has 142 valence electrons. The number of nitrogens with one attached hydrogen (secondary N) is 2. The number of carbonyl (C=O) groups excluding carboxylic acids is 1. The first-order valence-corrected chi connectivity index (χ1v) is 10.8. The molecule has 8 nitrogen and oxygen atoms in total. The number of nitrogens with zero attached hydrogens (tertiary/aromatic N) is 3. The highest BCUT2D eigenvalue weighted by atomic mass is 32.2. The summed E-state index contributed by atoms with van der Waals surface area (Å²) in [5, 5.41) is 6.38. The molecule has 3 fully saturated rings. The molecule has 3 heterocycles. The molecule has 1 spiro atoms. The Hall–Kier alpha value is -1.35. The SMILES string of the molecule is CN=C(NCC1CCN(S(C)(=O)=O)C1)N1CCCC2(CNC(=O)C2)C1. The topological polar surface area (TPSA) is 94.1 Å². The highest BCUT2D eigenvalue weighted by Gasteiger charge is 2.42.